The second kappa shape index (κ2) is 8.19. The first kappa shape index (κ1) is 22.6. The maximum atomic E-state index is 13.1. The highest BCUT2D eigenvalue weighted by Gasteiger charge is 2.54. The average molecular weight is 422 g/mol. The maximum Gasteiger partial charge on any atom is 0.329 e. The molecule has 0 unspecified atom stereocenters. The van der Waals surface area contributed by atoms with Crippen molar-refractivity contribution in [2.24, 2.45) is 23.2 Å². The van der Waals surface area contributed by atoms with Crippen molar-refractivity contribution in [2.45, 2.75) is 90.8 Å². The molecule has 2 atom stereocenters. The van der Waals surface area contributed by atoms with Crippen molar-refractivity contribution in [1.82, 2.24) is 16.0 Å². The summed E-state index contributed by atoms with van der Waals surface area (Å²) in [4.78, 5) is 49.4. The topological polar surface area (TPSA) is 114 Å². The molecular weight excluding hydrogens is 386 g/mol. The van der Waals surface area contributed by atoms with Crippen LogP contribution < -0.4 is 16.0 Å². The molecular formula is C22H35N3O5. The van der Waals surface area contributed by atoms with Crippen LogP contribution in [-0.4, -0.2) is 41.5 Å². The summed E-state index contributed by atoms with van der Waals surface area (Å²) >= 11 is 0. The van der Waals surface area contributed by atoms with Crippen molar-refractivity contribution in [2.75, 3.05) is 0 Å². The van der Waals surface area contributed by atoms with E-state index in [2.05, 4.69) is 16.0 Å². The Morgan fingerprint density at radius 1 is 0.933 bits per heavy atom. The van der Waals surface area contributed by atoms with Gasteiger partial charge in [0, 0.05) is 11.0 Å². The predicted octanol–water partition coefficient (Wildman–Crippen LogP) is 2.26. The van der Waals surface area contributed by atoms with Crippen molar-refractivity contribution in [1.29, 1.82) is 0 Å². The van der Waals surface area contributed by atoms with Gasteiger partial charge in [-0.1, -0.05) is 0 Å². The molecule has 4 aliphatic rings. The first-order valence-corrected chi connectivity index (χ1v) is 11.0. The van der Waals surface area contributed by atoms with Crippen LogP contribution in [0.5, 0.6) is 0 Å². The number of urea groups is 1. The van der Waals surface area contributed by atoms with E-state index in [1.54, 1.807) is 27.7 Å². The van der Waals surface area contributed by atoms with Gasteiger partial charge in [-0.3, -0.25) is 14.9 Å². The molecule has 3 N–H and O–H groups in total. The summed E-state index contributed by atoms with van der Waals surface area (Å²) in [5, 5.41) is 7.59. The predicted molar refractivity (Wildman–Crippen MR) is 110 cm³/mol. The molecule has 4 saturated carbocycles. The van der Waals surface area contributed by atoms with Gasteiger partial charge < -0.3 is 15.4 Å². The second-order valence-electron chi connectivity index (χ2n) is 10.7. The molecule has 4 amide bonds. The highest BCUT2D eigenvalue weighted by molar-refractivity contribution is 5.97. The third-order valence-corrected chi connectivity index (χ3v) is 6.61. The minimum Gasteiger partial charge on any atom is -0.451 e. The van der Waals surface area contributed by atoms with E-state index >= 15 is 0 Å². The number of esters is 1. The van der Waals surface area contributed by atoms with Gasteiger partial charge in [0.15, 0.2) is 6.10 Å². The fourth-order valence-corrected chi connectivity index (χ4v) is 5.71. The number of ether oxygens (including phenoxy) is 1. The number of carbonyl (C=O) groups excluding carboxylic acids is 4. The first-order chi connectivity index (χ1) is 13.9. The van der Waals surface area contributed by atoms with Crippen LogP contribution in [0.2, 0.25) is 0 Å². The molecule has 30 heavy (non-hydrogen) atoms. The molecule has 0 aromatic rings. The standard InChI is InChI=1S/C22H35N3O5/c1-12(18(27)30-13(2)17(26)24-20(29)25-21(3,4)5)23-19(28)22-9-14-6-15(10-22)8-16(7-14)11-22/h12-16H,6-11H2,1-5H3,(H,23,28)(H2,24,25,26,29)/t12-,13-,14?,15?,16?,22?/m0/s1. The van der Waals surface area contributed by atoms with Crippen LogP contribution in [0.15, 0.2) is 0 Å². The van der Waals surface area contributed by atoms with Gasteiger partial charge in [-0.2, -0.15) is 0 Å². The smallest absolute Gasteiger partial charge is 0.329 e. The average Bonchev–Trinajstić information content (AvgIpc) is 2.58. The SMILES string of the molecule is C[C@H](NC(=O)C12CC3CC(CC(C3)C1)C2)C(=O)O[C@@H](C)C(=O)NC(=O)NC(C)(C)C. The Bertz CT molecular complexity index is 691. The minimum atomic E-state index is -1.15. The minimum absolute atomic E-state index is 0.0623. The Morgan fingerprint density at radius 2 is 1.43 bits per heavy atom. The summed E-state index contributed by atoms with van der Waals surface area (Å²) in [6.45, 7) is 8.32. The molecule has 168 valence electrons. The van der Waals surface area contributed by atoms with Crippen LogP contribution in [-0.2, 0) is 19.1 Å². The third kappa shape index (κ3) is 5.13. The molecule has 0 heterocycles. The van der Waals surface area contributed by atoms with E-state index in [4.69, 9.17) is 4.74 Å². The van der Waals surface area contributed by atoms with E-state index in [1.807, 2.05) is 0 Å². The normalized spacial score (nSPS) is 31.4. The van der Waals surface area contributed by atoms with Crippen LogP contribution in [0.4, 0.5) is 4.79 Å². The lowest BCUT2D eigenvalue weighted by Crippen LogP contribution is -2.56. The molecule has 0 spiro atoms. The van der Waals surface area contributed by atoms with Gasteiger partial charge in [0.1, 0.15) is 6.04 Å². The summed E-state index contributed by atoms with van der Waals surface area (Å²) in [5.41, 5.74) is -0.850. The fraction of sp³-hybridized carbons (Fsp3) is 0.818. The lowest BCUT2D eigenvalue weighted by molar-refractivity contribution is -0.159. The van der Waals surface area contributed by atoms with Gasteiger partial charge in [-0.15, -0.1) is 0 Å². The van der Waals surface area contributed by atoms with Crippen molar-refractivity contribution >= 4 is 23.8 Å². The number of nitrogens with one attached hydrogen (secondary N) is 3. The van der Waals surface area contributed by atoms with Gasteiger partial charge in [0.2, 0.25) is 5.91 Å². The Morgan fingerprint density at radius 3 is 1.90 bits per heavy atom. The molecule has 4 fully saturated rings. The Balaban J connectivity index is 1.49. The summed E-state index contributed by atoms with van der Waals surface area (Å²) in [5.74, 6) is 0.427. The van der Waals surface area contributed by atoms with Crippen molar-refractivity contribution in [3.63, 3.8) is 0 Å². The van der Waals surface area contributed by atoms with E-state index < -0.39 is 35.6 Å². The van der Waals surface area contributed by atoms with Crippen LogP contribution in [0.3, 0.4) is 0 Å². The Labute approximate surface area is 178 Å². The molecule has 8 nitrogen and oxygen atoms in total. The highest BCUT2D eigenvalue weighted by Crippen LogP contribution is 2.60. The van der Waals surface area contributed by atoms with Crippen molar-refractivity contribution < 1.29 is 23.9 Å². The number of imide groups is 1. The van der Waals surface area contributed by atoms with Gasteiger partial charge in [-0.05, 0) is 90.9 Å². The fourth-order valence-electron chi connectivity index (χ4n) is 5.71. The lowest BCUT2D eigenvalue weighted by atomic mass is 9.49. The monoisotopic (exact) mass is 421 g/mol. The quantitative estimate of drug-likeness (QED) is 0.589. The summed E-state index contributed by atoms with van der Waals surface area (Å²) in [6, 6.07) is -1.51. The summed E-state index contributed by atoms with van der Waals surface area (Å²) in [6.07, 6.45) is 5.29. The van der Waals surface area contributed by atoms with E-state index in [0.717, 1.165) is 19.3 Å². The molecule has 4 bridgehead atoms. The van der Waals surface area contributed by atoms with Gasteiger partial charge in [0.25, 0.3) is 5.91 Å². The van der Waals surface area contributed by atoms with Gasteiger partial charge in [-0.25, -0.2) is 9.59 Å². The molecule has 4 rings (SSSR count). The molecule has 0 saturated heterocycles. The second-order valence-corrected chi connectivity index (χ2v) is 10.7. The van der Waals surface area contributed by atoms with Crippen molar-refractivity contribution in [3.8, 4) is 0 Å². The summed E-state index contributed by atoms with van der Waals surface area (Å²) < 4.78 is 5.18. The van der Waals surface area contributed by atoms with Crippen LogP contribution in [0.25, 0.3) is 0 Å². The lowest BCUT2D eigenvalue weighted by Gasteiger charge is -2.55. The number of carbonyl (C=O) groups is 4. The number of hydrogen-bond donors (Lipinski definition) is 3. The molecule has 8 heteroatoms. The molecule has 0 radical (unpaired) electrons. The number of hydrogen-bond acceptors (Lipinski definition) is 5. The zero-order chi connectivity index (χ0) is 22.3. The van der Waals surface area contributed by atoms with E-state index in [9.17, 15) is 19.2 Å². The number of amides is 4. The van der Waals surface area contributed by atoms with Crippen LogP contribution >= 0.6 is 0 Å². The van der Waals surface area contributed by atoms with Gasteiger partial charge in [0.05, 0.1) is 0 Å². The Kier molecular flexibility index (Phi) is 6.16. The molecule has 0 aliphatic heterocycles. The molecule has 0 aromatic heterocycles. The third-order valence-electron chi connectivity index (χ3n) is 6.61. The first-order valence-electron chi connectivity index (χ1n) is 11.0. The Hall–Kier alpha value is -2.12. The zero-order valence-electron chi connectivity index (χ0n) is 18.7. The van der Waals surface area contributed by atoms with E-state index in [-0.39, 0.29) is 11.3 Å². The van der Waals surface area contributed by atoms with Crippen molar-refractivity contribution in [3.05, 3.63) is 0 Å². The van der Waals surface area contributed by atoms with Gasteiger partial charge >= 0.3 is 12.0 Å². The molecule has 4 aliphatic carbocycles. The zero-order valence-corrected chi connectivity index (χ0v) is 18.7. The van der Waals surface area contributed by atoms with E-state index in [1.165, 1.54) is 26.2 Å². The van der Waals surface area contributed by atoms with Crippen LogP contribution in [0.1, 0.15) is 73.1 Å². The largest absolute Gasteiger partial charge is 0.451 e. The highest BCUT2D eigenvalue weighted by atomic mass is 16.5. The van der Waals surface area contributed by atoms with E-state index in [0.29, 0.717) is 17.8 Å². The summed E-state index contributed by atoms with van der Waals surface area (Å²) in [7, 11) is 0. The number of rotatable bonds is 5. The van der Waals surface area contributed by atoms with Crippen LogP contribution in [0, 0.1) is 23.2 Å². The maximum absolute atomic E-state index is 13.1. The molecule has 0 aromatic carbocycles.